The SMILES string of the molecule is Cc1ccccc1CN(C(=O)CN(c1ccccc1)S(=O)(=O)c1ccc(Cl)cc1)[C@H](C)C(=O)NC1CCCCC1. The smallest absolute Gasteiger partial charge is 0.264 e. The predicted octanol–water partition coefficient (Wildman–Crippen LogP) is 5.71. The lowest BCUT2D eigenvalue weighted by Gasteiger charge is -2.33. The van der Waals surface area contributed by atoms with Crippen molar-refractivity contribution >= 4 is 39.1 Å². The zero-order valence-corrected chi connectivity index (χ0v) is 24.5. The highest BCUT2D eigenvalue weighted by molar-refractivity contribution is 7.92. The van der Waals surface area contributed by atoms with Crippen LogP contribution in [0, 0.1) is 6.92 Å². The second-order valence-electron chi connectivity index (χ2n) is 10.3. The Morgan fingerprint density at radius 1 is 0.925 bits per heavy atom. The molecule has 1 aliphatic carbocycles. The minimum atomic E-state index is -4.12. The number of nitrogens with zero attached hydrogens (tertiary/aromatic N) is 2. The second-order valence-corrected chi connectivity index (χ2v) is 12.6. The molecule has 1 N–H and O–H groups in total. The summed E-state index contributed by atoms with van der Waals surface area (Å²) in [6, 6.07) is 21.3. The average molecular weight is 582 g/mol. The molecular weight excluding hydrogens is 546 g/mol. The first kappa shape index (κ1) is 29.6. The van der Waals surface area contributed by atoms with Crippen molar-refractivity contribution in [3.8, 4) is 0 Å². The molecule has 0 heterocycles. The number of benzene rings is 3. The standard InChI is InChI=1S/C31H36ClN3O4S/c1-23-11-9-10-12-25(23)21-34(24(2)31(37)33-27-13-5-3-6-14-27)30(36)22-35(28-15-7-4-8-16-28)40(38,39)29-19-17-26(32)18-20-29/h4,7-12,15-20,24,27H,3,5-6,13-14,21-22H2,1-2H3,(H,33,37)/t24-/m1/s1. The topological polar surface area (TPSA) is 86.8 Å². The van der Waals surface area contributed by atoms with Gasteiger partial charge < -0.3 is 10.2 Å². The van der Waals surface area contributed by atoms with Gasteiger partial charge in [0.25, 0.3) is 10.0 Å². The molecule has 212 valence electrons. The van der Waals surface area contributed by atoms with Gasteiger partial charge in [-0.1, -0.05) is 73.3 Å². The number of hydrogen-bond acceptors (Lipinski definition) is 4. The van der Waals surface area contributed by atoms with E-state index in [0.29, 0.717) is 10.7 Å². The molecule has 0 radical (unpaired) electrons. The van der Waals surface area contributed by atoms with Crippen molar-refractivity contribution < 1.29 is 18.0 Å². The molecule has 1 aliphatic rings. The predicted molar refractivity (Wildman–Crippen MR) is 159 cm³/mol. The molecule has 1 saturated carbocycles. The number of halogens is 1. The van der Waals surface area contributed by atoms with Crippen LogP contribution in [-0.4, -0.2) is 43.8 Å². The lowest BCUT2D eigenvalue weighted by atomic mass is 9.95. The molecule has 4 rings (SSSR count). The van der Waals surface area contributed by atoms with Crippen molar-refractivity contribution in [2.45, 2.75) is 69.5 Å². The lowest BCUT2D eigenvalue weighted by molar-refractivity contribution is -0.139. The molecule has 0 aliphatic heterocycles. The number of rotatable bonds is 10. The highest BCUT2D eigenvalue weighted by Crippen LogP contribution is 2.26. The van der Waals surface area contributed by atoms with E-state index in [9.17, 15) is 18.0 Å². The van der Waals surface area contributed by atoms with Crippen LogP contribution in [0.3, 0.4) is 0 Å². The third kappa shape index (κ3) is 7.23. The molecule has 0 unspecified atom stereocenters. The van der Waals surface area contributed by atoms with Gasteiger partial charge in [0.2, 0.25) is 11.8 Å². The highest BCUT2D eigenvalue weighted by atomic mass is 35.5. The quantitative estimate of drug-likeness (QED) is 0.332. The Labute approximate surface area is 242 Å². The molecule has 40 heavy (non-hydrogen) atoms. The summed E-state index contributed by atoms with van der Waals surface area (Å²) in [5.74, 6) is -0.711. The van der Waals surface area contributed by atoms with Crippen LogP contribution < -0.4 is 9.62 Å². The van der Waals surface area contributed by atoms with Gasteiger partial charge in [-0.2, -0.15) is 0 Å². The largest absolute Gasteiger partial charge is 0.352 e. The first-order chi connectivity index (χ1) is 19.2. The van der Waals surface area contributed by atoms with Gasteiger partial charge in [0.15, 0.2) is 0 Å². The van der Waals surface area contributed by atoms with Gasteiger partial charge in [0.05, 0.1) is 10.6 Å². The van der Waals surface area contributed by atoms with E-state index >= 15 is 0 Å². The molecule has 1 fully saturated rings. The Morgan fingerprint density at radius 3 is 2.20 bits per heavy atom. The van der Waals surface area contributed by atoms with Crippen molar-refractivity contribution in [1.29, 1.82) is 0 Å². The molecular formula is C31H36ClN3O4S. The molecule has 0 bridgehead atoms. The summed E-state index contributed by atoms with van der Waals surface area (Å²) in [5.41, 5.74) is 2.22. The molecule has 2 amide bonds. The summed E-state index contributed by atoms with van der Waals surface area (Å²) in [4.78, 5) is 28.9. The van der Waals surface area contributed by atoms with Crippen LogP contribution in [0.2, 0.25) is 5.02 Å². The van der Waals surface area contributed by atoms with E-state index in [1.165, 1.54) is 29.2 Å². The Hall–Kier alpha value is -3.36. The van der Waals surface area contributed by atoms with Crippen molar-refractivity contribution in [2.75, 3.05) is 10.8 Å². The highest BCUT2D eigenvalue weighted by Gasteiger charge is 2.33. The zero-order chi connectivity index (χ0) is 28.7. The van der Waals surface area contributed by atoms with Gasteiger partial charge in [0.1, 0.15) is 12.6 Å². The summed E-state index contributed by atoms with van der Waals surface area (Å²) < 4.78 is 28.7. The minimum Gasteiger partial charge on any atom is -0.352 e. The van der Waals surface area contributed by atoms with Crippen LogP contribution in [0.1, 0.15) is 50.2 Å². The number of nitrogens with one attached hydrogen (secondary N) is 1. The maximum absolute atomic E-state index is 14.0. The molecule has 7 nitrogen and oxygen atoms in total. The van der Waals surface area contributed by atoms with Gasteiger partial charge in [-0.3, -0.25) is 13.9 Å². The Morgan fingerprint density at radius 2 is 1.55 bits per heavy atom. The van der Waals surface area contributed by atoms with E-state index in [2.05, 4.69) is 5.32 Å². The summed E-state index contributed by atoms with van der Waals surface area (Å²) in [6.45, 7) is 3.36. The van der Waals surface area contributed by atoms with Crippen LogP contribution >= 0.6 is 11.6 Å². The van der Waals surface area contributed by atoms with Gasteiger partial charge >= 0.3 is 0 Å². The summed E-state index contributed by atoms with van der Waals surface area (Å²) in [5, 5.41) is 3.53. The number of sulfonamides is 1. The molecule has 1 atom stereocenters. The Kier molecular flexibility index (Phi) is 9.87. The fourth-order valence-electron chi connectivity index (χ4n) is 4.98. The van der Waals surface area contributed by atoms with E-state index in [4.69, 9.17) is 11.6 Å². The number of amides is 2. The second kappa shape index (κ2) is 13.3. The molecule has 9 heteroatoms. The van der Waals surface area contributed by atoms with Crippen LogP contribution in [0.5, 0.6) is 0 Å². The fourth-order valence-corrected chi connectivity index (χ4v) is 6.52. The molecule has 0 spiro atoms. The molecule has 3 aromatic carbocycles. The van der Waals surface area contributed by atoms with Gasteiger partial charge in [0, 0.05) is 17.6 Å². The lowest BCUT2D eigenvalue weighted by Crippen LogP contribution is -2.53. The number of para-hydroxylation sites is 1. The van der Waals surface area contributed by atoms with Crippen LogP contribution in [0.25, 0.3) is 0 Å². The number of carbonyl (C=O) groups is 2. The van der Waals surface area contributed by atoms with E-state index in [-0.39, 0.29) is 23.4 Å². The maximum Gasteiger partial charge on any atom is 0.264 e. The van der Waals surface area contributed by atoms with Gasteiger partial charge in [-0.05, 0) is 74.2 Å². The monoisotopic (exact) mass is 581 g/mol. The summed E-state index contributed by atoms with van der Waals surface area (Å²) in [7, 11) is -4.12. The minimum absolute atomic E-state index is 0.0158. The third-order valence-corrected chi connectivity index (χ3v) is 9.49. The Balaban J connectivity index is 1.66. The average Bonchev–Trinajstić information content (AvgIpc) is 2.96. The number of hydrogen-bond donors (Lipinski definition) is 1. The van der Waals surface area contributed by atoms with Crippen molar-refractivity contribution in [3.05, 3.63) is 95.0 Å². The molecule has 0 aromatic heterocycles. The third-order valence-electron chi connectivity index (χ3n) is 7.45. The van der Waals surface area contributed by atoms with E-state index in [1.54, 1.807) is 37.3 Å². The number of aryl methyl sites for hydroxylation is 1. The Bertz CT molecular complexity index is 1410. The van der Waals surface area contributed by atoms with Gasteiger partial charge in [-0.25, -0.2) is 8.42 Å². The van der Waals surface area contributed by atoms with E-state index in [0.717, 1.165) is 47.5 Å². The van der Waals surface area contributed by atoms with E-state index < -0.39 is 28.5 Å². The zero-order valence-electron chi connectivity index (χ0n) is 22.9. The van der Waals surface area contributed by atoms with E-state index in [1.807, 2.05) is 31.2 Å². The van der Waals surface area contributed by atoms with Crippen LogP contribution in [-0.2, 0) is 26.2 Å². The normalized spacial score (nSPS) is 14.8. The fraction of sp³-hybridized carbons (Fsp3) is 0.355. The van der Waals surface area contributed by atoms with Gasteiger partial charge in [-0.15, -0.1) is 0 Å². The van der Waals surface area contributed by atoms with Crippen LogP contribution in [0.15, 0.2) is 83.8 Å². The first-order valence-corrected chi connectivity index (χ1v) is 15.5. The number of anilines is 1. The number of carbonyl (C=O) groups excluding carboxylic acids is 2. The van der Waals surface area contributed by atoms with Crippen molar-refractivity contribution in [3.63, 3.8) is 0 Å². The summed E-state index contributed by atoms with van der Waals surface area (Å²) >= 11 is 6.00. The maximum atomic E-state index is 14.0. The molecule has 0 saturated heterocycles. The van der Waals surface area contributed by atoms with Crippen molar-refractivity contribution in [2.24, 2.45) is 0 Å². The van der Waals surface area contributed by atoms with Crippen molar-refractivity contribution in [1.82, 2.24) is 10.2 Å². The molecule has 3 aromatic rings. The first-order valence-electron chi connectivity index (χ1n) is 13.6. The summed E-state index contributed by atoms with van der Waals surface area (Å²) in [6.07, 6.45) is 5.15. The van der Waals surface area contributed by atoms with Crippen LogP contribution in [0.4, 0.5) is 5.69 Å².